The molecular formula is C6H10OS. The zero-order chi connectivity index (χ0) is 6.36. The minimum atomic E-state index is -0.0700. The monoisotopic (exact) mass is 130 g/mol. The molecule has 0 aliphatic carbocycles. The SMILES string of the molecule is CC1SC(C)(C)C1=O. The van der Waals surface area contributed by atoms with Crippen molar-refractivity contribution in [1.82, 2.24) is 0 Å². The van der Waals surface area contributed by atoms with Gasteiger partial charge in [0.25, 0.3) is 0 Å². The van der Waals surface area contributed by atoms with Crippen molar-refractivity contribution in [3.05, 3.63) is 0 Å². The fourth-order valence-electron chi connectivity index (χ4n) is 0.985. The number of hydrogen-bond donors (Lipinski definition) is 0. The van der Waals surface area contributed by atoms with Crippen LogP contribution in [0.2, 0.25) is 0 Å². The molecule has 1 saturated heterocycles. The minimum Gasteiger partial charge on any atom is -0.297 e. The van der Waals surface area contributed by atoms with Crippen molar-refractivity contribution in [3.63, 3.8) is 0 Å². The van der Waals surface area contributed by atoms with E-state index in [0.717, 1.165) is 0 Å². The van der Waals surface area contributed by atoms with Crippen LogP contribution < -0.4 is 0 Å². The molecule has 0 amide bonds. The summed E-state index contributed by atoms with van der Waals surface area (Å²) in [5, 5.41) is 0.255. The zero-order valence-electron chi connectivity index (χ0n) is 5.39. The molecule has 0 saturated carbocycles. The van der Waals surface area contributed by atoms with Crippen LogP contribution in [0, 0.1) is 0 Å². The molecule has 1 aliphatic heterocycles. The van der Waals surface area contributed by atoms with Gasteiger partial charge in [-0.05, 0) is 20.8 Å². The normalized spacial score (nSPS) is 34.4. The van der Waals surface area contributed by atoms with Crippen molar-refractivity contribution in [3.8, 4) is 0 Å². The molecule has 8 heavy (non-hydrogen) atoms. The van der Waals surface area contributed by atoms with Gasteiger partial charge < -0.3 is 0 Å². The third-order valence-corrected chi connectivity index (χ3v) is 2.79. The molecule has 0 bridgehead atoms. The molecule has 1 aliphatic rings. The summed E-state index contributed by atoms with van der Waals surface area (Å²) in [6.07, 6.45) is 0. The Balaban J connectivity index is 2.61. The number of Topliss-reactive ketones (excluding diaryl/α,β-unsaturated/α-hetero) is 1. The Morgan fingerprint density at radius 1 is 1.62 bits per heavy atom. The second kappa shape index (κ2) is 1.50. The minimum absolute atomic E-state index is 0.0700. The topological polar surface area (TPSA) is 17.1 Å². The predicted octanol–water partition coefficient (Wildman–Crippen LogP) is 1.47. The van der Waals surface area contributed by atoms with E-state index in [0.29, 0.717) is 5.78 Å². The second-order valence-electron chi connectivity index (χ2n) is 2.63. The molecule has 2 heteroatoms. The van der Waals surface area contributed by atoms with Crippen LogP contribution in [0.4, 0.5) is 0 Å². The van der Waals surface area contributed by atoms with Gasteiger partial charge in [0.2, 0.25) is 0 Å². The van der Waals surface area contributed by atoms with E-state index in [9.17, 15) is 4.79 Å². The van der Waals surface area contributed by atoms with E-state index in [1.165, 1.54) is 0 Å². The summed E-state index contributed by atoms with van der Waals surface area (Å²) in [6.45, 7) is 5.90. The van der Waals surface area contributed by atoms with Gasteiger partial charge in [-0.2, -0.15) is 0 Å². The summed E-state index contributed by atoms with van der Waals surface area (Å²) in [7, 11) is 0. The van der Waals surface area contributed by atoms with Gasteiger partial charge in [-0.15, -0.1) is 11.8 Å². The van der Waals surface area contributed by atoms with E-state index in [2.05, 4.69) is 0 Å². The lowest BCUT2D eigenvalue weighted by Gasteiger charge is -2.37. The van der Waals surface area contributed by atoms with Gasteiger partial charge in [-0.1, -0.05) is 0 Å². The van der Waals surface area contributed by atoms with Gasteiger partial charge in [0.15, 0.2) is 5.78 Å². The summed E-state index contributed by atoms with van der Waals surface area (Å²) in [4.78, 5) is 10.9. The molecule has 0 aromatic carbocycles. The van der Waals surface area contributed by atoms with Crippen LogP contribution in [0.3, 0.4) is 0 Å². The van der Waals surface area contributed by atoms with E-state index in [1.54, 1.807) is 11.8 Å². The van der Waals surface area contributed by atoms with Crippen molar-refractivity contribution in [2.75, 3.05) is 0 Å². The first-order valence-electron chi connectivity index (χ1n) is 2.76. The average Bonchev–Trinajstić information content (AvgIpc) is 1.65. The summed E-state index contributed by atoms with van der Waals surface area (Å²) >= 11 is 1.74. The Kier molecular flexibility index (Phi) is 1.15. The summed E-state index contributed by atoms with van der Waals surface area (Å²) < 4.78 is -0.0700. The summed E-state index contributed by atoms with van der Waals surface area (Å²) in [5.74, 6) is 0.391. The van der Waals surface area contributed by atoms with Crippen LogP contribution in [0.1, 0.15) is 20.8 Å². The predicted molar refractivity (Wildman–Crippen MR) is 36.1 cm³/mol. The Morgan fingerprint density at radius 3 is 2.12 bits per heavy atom. The number of hydrogen-bond acceptors (Lipinski definition) is 2. The smallest absolute Gasteiger partial charge is 0.160 e. The maximum Gasteiger partial charge on any atom is 0.160 e. The van der Waals surface area contributed by atoms with Gasteiger partial charge in [-0.3, -0.25) is 4.79 Å². The van der Waals surface area contributed by atoms with Crippen molar-refractivity contribution in [2.24, 2.45) is 0 Å². The second-order valence-corrected chi connectivity index (χ2v) is 4.60. The lowest BCUT2D eigenvalue weighted by Crippen LogP contribution is -2.46. The maximum atomic E-state index is 10.9. The molecule has 1 atom stereocenters. The fraction of sp³-hybridized carbons (Fsp3) is 0.833. The molecular weight excluding hydrogens is 120 g/mol. The summed E-state index contributed by atoms with van der Waals surface area (Å²) in [6, 6.07) is 0. The Labute approximate surface area is 53.8 Å². The van der Waals surface area contributed by atoms with E-state index in [4.69, 9.17) is 0 Å². The first kappa shape index (κ1) is 6.14. The van der Waals surface area contributed by atoms with Crippen LogP contribution in [-0.2, 0) is 4.79 Å². The average molecular weight is 130 g/mol. The molecule has 0 N–H and O–H groups in total. The van der Waals surface area contributed by atoms with Crippen molar-refractivity contribution in [1.29, 1.82) is 0 Å². The highest BCUT2D eigenvalue weighted by Crippen LogP contribution is 2.42. The quantitative estimate of drug-likeness (QED) is 0.494. The lowest BCUT2D eigenvalue weighted by molar-refractivity contribution is -0.121. The van der Waals surface area contributed by atoms with Crippen molar-refractivity contribution in [2.45, 2.75) is 30.8 Å². The van der Waals surface area contributed by atoms with Crippen LogP contribution in [0.15, 0.2) is 0 Å². The highest BCUT2D eigenvalue weighted by molar-refractivity contribution is 8.05. The van der Waals surface area contributed by atoms with Crippen LogP contribution in [-0.4, -0.2) is 15.8 Å². The van der Waals surface area contributed by atoms with Crippen molar-refractivity contribution >= 4 is 17.5 Å². The van der Waals surface area contributed by atoms with E-state index in [-0.39, 0.29) is 10.00 Å². The summed E-state index contributed by atoms with van der Waals surface area (Å²) in [5.41, 5.74) is 0. The molecule has 0 aromatic heterocycles. The molecule has 46 valence electrons. The highest BCUT2D eigenvalue weighted by Gasteiger charge is 2.44. The Morgan fingerprint density at radius 2 is 2.12 bits per heavy atom. The molecule has 1 rings (SSSR count). The van der Waals surface area contributed by atoms with Gasteiger partial charge in [0.05, 0.1) is 10.00 Å². The standard InChI is InChI=1S/C6H10OS/c1-4-5(7)6(2,3)8-4/h4H,1-3H3. The van der Waals surface area contributed by atoms with Crippen LogP contribution >= 0.6 is 11.8 Å². The highest BCUT2D eigenvalue weighted by atomic mass is 32.2. The van der Waals surface area contributed by atoms with Gasteiger partial charge in [0.1, 0.15) is 0 Å². The van der Waals surface area contributed by atoms with Gasteiger partial charge in [0, 0.05) is 0 Å². The molecule has 0 radical (unpaired) electrons. The molecule has 0 spiro atoms. The molecule has 1 heterocycles. The van der Waals surface area contributed by atoms with E-state index in [1.807, 2.05) is 20.8 Å². The molecule has 1 unspecified atom stereocenters. The third-order valence-electron chi connectivity index (χ3n) is 1.43. The number of rotatable bonds is 0. The molecule has 1 fully saturated rings. The Hall–Kier alpha value is 0.0200. The van der Waals surface area contributed by atoms with E-state index >= 15 is 0 Å². The largest absolute Gasteiger partial charge is 0.297 e. The molecule has 0 aromatic rings. The van der Waals surface area contributed by atoms with Crippen LogP contribution in [0.5, 0.6) is 0 Å². The first-order chi connectivity index (χ1) is 3.54. The fourth-order valence-corrected chi connectivity index (χ4v) is 2.38. The first-order valence-corrected chi connectivity index (χ1v) is 3.64. The number of carbonyl (C=O) groups excluding carboxylic acids is 1. The zero-order valence-corrected chi connectivity index (χ0v) is 6.21. The lowest BCUT2D eigenvalue weighted by atomic mass is 10.0. The van der Waals surface area contributed by atoms with Gasteiger partial charge in [-0.25, -0.2) is 0 Å². The third kappa shape index (κ3) is 0.672. The van der Waals surface area contributed by atoms with Gasteiger partial charge >= 0.3 is 0 Å². The number of thioether (sulfide) groups is 1. The maximum absolute atomic E-state index is 10.9. The van der Waals surface area contributed by atoms with Crippen LogP contribution in [0.25, 0.3) is 0 Å². The van der Waals surface area contributed by atoms with E-state index < -0.39 is 0 Å². The Bertz CT molecular complexity index is 128. The number of ketones is 1. The van der Waals surface area contributed by atoms with Crippen molar-refractivity contribution < 1.29 is 4.79 Å². The molecule has 1 nitrogen and oxygen atoms in total. The number of carbonyl (C=O) groups is 1.